The van der Waals surface area contributed by atoms with Crippen LogP contribution in [0, 0.1) is 0 Å². The van der Waals surface area contributed by atoms with E-state index in [9.17, 15) is 0 Å². The average Bonchev–Trinajstić information content (AvgIpc) is 3.16. The third-order valence-electron chi connectivity index (χ3n) is 3.58. The standard InChI is InChI=1S/C13H18N9/c1-4-22(2,3)10-20-12(14-16-18-20)13-15-17-19-21(13)11-8-6-5-7-9-11/h5-9H,4,10H2,1-3H3/q+1. The van der Waals surface area contributed by atoms with Crippen molar-refractivity contribution in [3.63, 3.8) is 0 Å². The van der Waals surface area contributed by atoms with Crippen LogP contribution in [0.15, 0.2) is 30.3 Å². The van der Waals surface area contributed by atoms with Crippen LogP contribution >= 0.6 is 0 Å². The molecule has 3 aromatic rings. The third-order valence-corrected chi connectivity index (χ3v) is 3.58. The van der Waals surface area contributed by atoms with Gasteiger partial charge in [-0.2, -0.15) is 9.36 Å². The zero-order valence-corrected chi connectivity index (χ0v) is 12.8. The first-order valence-electron chi connectivity index (χ1n) is 7.03. The monoisotopic (exact) mass is 300 g/mol. The number of hydrogen-bond donors (Lipinski definition) is 0. The molecule has 9 nitrogen and oxygen atoms in total. The molecule has 0 spiro atoms. The summed E-state index contributed by atoms with van der Waals surface area (Å²) in [5.74, 6) is 1.07. The highest BCUT2D eigenvalue weighted by molar-refractivity contribution is 5.47. The summed E-state index contributed by atoms with van der Waals surface area (Å²) in [5.41, 5.74) is 0.862. The summed E-state index contributed by atoms with van der Waals surface area (Å²) in [6.45, 7) is 3.72. The molecule has 2 heterocycles. The van der Waals surface area contributed by atoms with Gasteiger partial charge in [-0.15, -0.1) is 10.2 Å². The Hall–Kier alpha value is -2.68. The third kappa shape index (κ3) is 2.70. The summed E-state index contributed by atoms with van der Waals surface area (Å²) >= 11 is 0. The van der Waals surface area contributed by atoms with Gasteiger partial charge in [0, 0.05) is 0 Å². The van der Waals surface area contributed by atoms with E-state index in [0.717, 1.165) is 16.7 Å². The summed E-state index contributed by atoms with van der Waals surface area (Å²) in [5, 5.41) is 23.8. The maximum atomic E-state index is 4.09. The van der Waals surface area contributed by atoms with E-state index in [-0.39, 0.29) is 0 Å². The van der Waals surface area contributed by atoms with Gasteiger partial charge in [0.25, 0.3) is 0 Å². The van der Waals surface area contributed by atoms with Crippen molar-refractivity contribution >= 4 is 0 Å². The number of quaternary nitrogens is 1. The first-order valence-corrected chi connectivity index (χ1v) is 7.03. The second-order valence-corrected chi connectivity index (χ2v) is 5.65. The summed E-state index contributed by atoms with van der Waals surface area (Å²) in [6, 6.07) is 9.67. The molecule has 0 saturated carbocycles. The van der Waals surface area contributed by atoms with E-state index in [1.54, 1.807) is 9.36 Å². The zero-order valence-electron chi connectivity index (χ0n) is 12.8. The molecule has 0 radical (unpaired) electrons. The smallest absolute Gasteiger partial charge is 0.226 e. The molecule has 0 atom stereocenters. The largest absolute Gasteiger partial charge is 0.310 e. The fraction of sp³-hybridized carbons (Fsp3) is 0.385. The molecule has 0 aliphatic carbocycles. The van der Waals surface area contributed by atoms with Gasteiger partial charge in [-0.3, -0.25) is 0 Å². The van der Waals surface area contributed by atoms with Crippen molar-refractivity contribution in [3.05, 3.63) is 30.3 Å². The second kappa shape index (κ2) is 5.60. The molecule has 1 aromatic carbocycles. The number of hydrogen-bond acceptors (Lipinski definition) is 6. The minimum atomic E-state index is 0.521. The Balaban J connectivity index is 2.01. The number of rotatable bonds is 5. The van der Waals surface area contributed by atoms with Crippen LogP contribution in [0.2, 0.25) is 0 Å². The summed E-state index contributed by atoms with van der Waals surface area (Å²) < 4.78 is 4.12. The fourth-order valence-corrected chi connectivity index (χ4v) is 1.99. The highest BCUT2D eigenvalue weighted by Crippen LogP contribution is 2.17. The lowest BCUT2D eigenvalue weighted by molar-refractivity contribution is -0.911. The predicted molar refractivity (Wildman–Crippen MR) is 78.6 cm³/mol. The fourth-order valence-electron chi connectivity index (χ4n) is 1.99. The van der Waals surface area contributed by atoms with Crippen LogP contribution in [0.3, 0.4) is 0 Å². The van der Waals surface area contributed by atoms with Gasteiger partial charge in [0.1, 0.15) is 0 Å². The van der Waals surface area contributed by atoms with Crippen LogP contribution < -0.4 is 0 Å². The molecular formula is C13H18N9+. The minimum Gasteiger partial charge on any atom is -0.310 e. The number of tetrazole rings is 2. The molecule has 2 aromatic heterocycles. The van der Waals surface area contributed by atoms with E-state index < -0.39 is 0 Å². The van der Waals surface area contributed by atoms with E-state index in [1.807, 2.05) is 30.3 Å². The number of nitrogens with zero attached hydrogens (tertiary/aromatic N) is 9. The number of aromatic nitrogens is 8. The van der Waals surface area contributed by atoms with E-state index in [1.165, 1.54) is 0 Å². The normalized spacial score (nSPS) is 11.8. The molecule has 0 saturated heterocycles. The van der Waals surface area contributed by atoms with E-state index in [4.69, 9.17) is 0 Å². The first kappa shape index (κ1) is 14.3. The SMILES string of the molecule is CC[N+](C)(C)Cn1nnnc1-c1nnnn1-c1ccccc1. The van der Waals surface area contributed by atoms with Gasteiger partial charge in [-0.1, -0.05) is 18.2 Å². The van der Waals surface area contributed by atoms with Crippen molar-refractivity contribution in [2.75, 3.05) is 20.6 Å². The van der Waals surface area contributed by atoms with Crippen LogP contribution in [-0.2, 0) is 6.67 Å². The Kier molecular flexibility index (Phi) is 3.63. The Morgan fingerprint density at radius 1 is 0.955 bits per heavy atom. The Morgan fingerprint density at radius 2 is 1.64 bits per heavy atom. The van der Waals surface area contributed by atoms with Crippen LogP contribution in [0.25, 0.3) is 17.3 Å². The molecule has 114 valence electrons. The van der Waals surface area contributed by atoms with Crippen LogP contribution in [0.1, 0.15) is 6.92 Å². The highest BCUT2D eigenvalue weighted by atomic mass is 15.6. The molecule has 0 unspecified atom stereocenters. The van der Waals surface area contributed by atoms with Gasteiger partial charge in [0.05, 0.1) is 26.3 Å². The topological polar surface area (TPSA) is 87.2 Å². The van der Waals surface area contributed by atoms with Gasteiger partial charge in [0.15, 0.2) is 6.67 Å². The van der Waals surface area contributed by atoms with Gasteiger partial charge in [-0.05, 0) is 39.9 Å². The predicted octanol–water partition coefficient (Wildman–Crippen LogP) is 0.370. The molecule has 0 bridgehead atoms. The maximum absolute atomic E-state index is 4.09. The van der Waals surface area contributed by atoms with Crippen molar-refractivity contribution in [1.82, 2.24) is 40.4 Å². The lowest BCUT2D eigenvalue weighted by atomic mass is 10.3. The molecule has 9 heteroatoms. The molecule has 3 rings (SSSR count). The molecule has 0 N–H and O–H groups in total. The van der Waals surface area contributed by atoms with E-state index in [0.29, 0.717) is 18.3 Å². The zero-order chi connectivity index (χ0) is 15.6. The van der Waals surface area contributed by atoms with Crippen LogP contribution in [0.4, 0.5) is 0 Å². The lowest BCUT2D eigenvalue weighted by Crippen LogP contribution is -2.41. The van der Waals surface area contributed by atoms with Gasteiger partial charge < -0.3 is 4.48 Å². The second-order valence-electron chi connectivity index (χ2n) is 5.65. The Morgan fingerprint density at radius 3 is 2.36 bits per heavy atom. The Bertz CT molecular complexity index is 744. The van der Waals surface area contributed by atoms with Crippen molar-refractivity contribution in [1.29, 1.82) is 0 Å². The summed E-state index contributed by atoms with van der Waals surface area (Å²) in [6.07, 6.45) is 0. The van der Waals surface area contributed by atoms with Crippen molar-refractivity contribution in [3.8, 4) is 17.3 Å². The van der Waals surface area contributed by atoms with Crippen molar-refractivity contribution < 1.29 is 4.48 Å². The summed E-state index contributed by atoms with van der Waals surface area (Å²) in [4.78, 5) is 0. The van der Waals surface area contributed by atoms with Crippen LogP contribution in [-0.4, -0.2) is 65.5 Å². The highest BCUT2D eigenvalue weighted by Gasteiger charge is 2.22. The van der Waals surface area contributed by atoms with Gasteiger partial charge in [0.2, 0.25) is 11.6 Å². The summed E-state index contributed by atoms with van der Waals surface area (Å²) in [7, 11) is 4.23. The molecule has 22 heavy (non-hydrogen) atoms. The molecule has 0 amide bonds. The quantitative estimate of drug-likeness (QED) is 0.633. The van der Waals surface area contributed by atoms with E-state index >= 15 is 0 Å². The number of benzene rings is 1. The Labute approximate surface area is 127 Å². The van der Waals surface area contributed by atoms with Crippen molar-refractivity contribution in [2.24, 2.45) is 0 Å². The van der Waals surface area contributed by atoms with Gasteiger partial charge in [-0.25, -0.2) is 0 Å². The lowest BCUT2D eigenvalue weighted by Gasteiger charge is -2.27. The van der Waals surface area contributed by atoms with E-state index in [2.05, 4.69) is 52.1 Å². The molecule has 0 aliphatic rings. The molecular weight excluding hydrogens is 282 g/mol. The van der Waals surface area contributed by atoms with Gasteiger partial charge >= 0.3 is 0 Å². The van der Waals surface area contributed by atoms with Crippen molar-refractivity contribution in [2.45, 2.75) is 13.6 Å². The average molecular weight is 300 g/mol. The first-order chi connectivity index (χ1) is 10.6. The van der Waals surface area contributed by atoms with Crippen LogP contribution in [0.5, 0.6) is 0 Å². The maximum Gasteiger partial charge on any atom is 0.226 e. The minimum absolute atomic E-state index is 0.521. The molecule has 0 fully saturated rings. The molecule has 0 aliphatic heterocycles. The number of para-hydroxylation sites is 1.